The molecular formula is C5H5KN5O+. The number of fused-ring (bicyclic) bond motifs is 1. The zero-order chi connectivity index (χ0) is 7.84. The van der Waals surface area contributed by atoms with Crippen LogP contribution in [0.5, 0.6) is 0 Å². The Hall–Kier alpha value is -0.214. The van der Waals surface area contributed by atoms with Gasteiger partial charge in [-0.25, -0.2) is 4.98 Å². The van der Waals surface area contributed by atoms with Crippen molar-refractivity contribution in [3.05, 3.63) is 16.7 Å². The number of aromatic nitrogens is 4. The van der Waals surface area contributed by atoms with Gasteiger partial charge in [0.1, 0.15) is 0 Å². The second-order valence-corrected chi connectivity index (χ2v) is 2.05. The number of hydrogen-bond acceptors (Lipinski definition) is 4. The predicted molar refractivity (Wildman–Crippen MR) is 38.9 cm³/mol. The number of nitrogens with zero attached hydrogens (tertiary/aromatic N) is 2. The van der Waals surface area contributed by atoms with Gasteiger partial charge in [-0.3, -0.25) is 9.78 Å². The molecule has 0 spiro atoms. The molecular weight excluding hydrogens is 185 g/mol. The van der Waals surface area contributed by atoms with E-state index in [2.05, 4.69) is 19.9 Å². The Morgan fingerprint density at radius 2 is 2.25 bits per heavy atom. The van der Waals surface area contributed by atoms with E-state index in [0.717, 1.165) is 0 Å². The van der Waals surface area contributed by atoms with Crippen molar-refractivity contribution < 1.29 is 51.4 Å². The number of rotatable bonds is 0. The van der Waals surface area contributed by atoms with E-state index in [-0.39, 0.29) is 62.9 Å². The van der Waals surface area contributed by atoms with Crippen LogP contribution < -0.4 is 62.7 Å². The third-order valence-electron chi connectivity index (χ3n) is 1.31. The Kier molecular flexibility index (Phi) is 3.02. The minimum atomic E-state index is -0.301. The predicted octanol–water partition coefficient (Wildman–Crippen LogP) is -3.77. The van der Waals surface area contributed by atoms with E-state index in [1.165, 1.54) is 6.33 Å². The maximum atomic E-state index is 11.0. The van der Waals surface area contributed by atoms with Gasteiger partial charge in [-0.15, -0.1) is 0 Å². The fraction of sp³-hybridized carbons (Fsp3) is 0. The molecule has 0 atom stereocenters. The summed E-state index contributed by atoms with van der Waals surface area (Å²) >= 11 is 0. The van der Waals surface area contributed by atoms with Crippen LogP contribution in [0.2, 0.25) is 0 Å². The first kappa shape index (κ1) is 9.87. The maximum Gasteiger partial charge on any atom is 1.00 e. The third kappa shape index (κ3) is 1.59. The SMILES string of the molecule is Nc1nc2nc[nH]c2c(=O)[nH]1.[K+]. The van der Waals surface area contributed by atoms with Gasteiger partial charge in [-0.05, 0) is 0 Å². The molecule has 2 rings (SSSR count). The van der Waals surface area contributed by atoms with Crippen molar-refractivity contribution in [2.24, 2.45) is 0 Å². The third-order valence-corrected chi connectivity index (χ3v) is 1.31. The molecule has 0 aliphatic heterocycles. The summed E-state index contributed by atoms with van der Waals surface area (Å²) < 4.78 is 0. The van der Waals surface area contributed by atoms with Crippen molar-refractivity contribution in [1.29, 1.82) is 0 Å². The van der Waals surface area contributed by atoms with Crippen molar-refractivity contribution in [3.63, 3.8) is 0 Å². The molecule has 12 heavy (non-hydrogen) atoms. The zero-order valence-corrected chi connectivity index (χ0v) is 9.58. The number of aromatic amines is 2. The van der Waals surface area contributed by atoms with Crippen molar-refractivity contribution in [2.45, 2.75) is 0 Å². The summed E-state index contributed by atoms with van der Waals surface area (Å²) in [4.78, 5) is 23.5. The van der Waals surface area contributed by atoms with Crippen LogP contribution >= 0.6 is 0 Å². The van der Waals surface area contributed by atoms with Crippen molar-refractivity contribution >= 4 is 17.1 Å². The summed E-state index contributed by atoms with van der Waals surface area (Å²) in [5, 5.41) is 0. The molecule has 4 N–H and O–H groups in total. The summed E-state index contributed by atoms with van der Waals surface area (Å²) in [7, 11) is 0. The van der Waals surface area contributed by atoms with Crippen LogP contribution in [-0.2, 0) is 0 Å². The quantitative estimate of drug-likeness (QED) is 0.371. The van der Waals surface area contributed by atoms with Gasteiger partial charge >= 0.3 is 51.4 Å². The Bertz CT molecular complexity index is 446. The fourth-order valence-electron chi connectivity index (χ4n) is 0.860. The number of hydrogen-bond donors (Lipinski definition) is 3. The minimum Gasteiger partial charge on any atom is -0.369 e. The molecule has 0 bridgehead atoms. The van der Waals surface area contributed by atoms with E-state index in [0.29, 0.717) is 11.2 Å². The molecule has 0 saturated carbocycles. The molecule has 0 saturated heterocycles. The number of anilines is 1. The van der Waals surface area contributed by atoms with Gasteiger partial charge in [0.2, 0.25) is 5.95 Å². The topological polar surface area (TPSA) is 100 Å². The molecule has 56 valence electrons. The summed E-state index contributed by atoms with van der Waals surface area (Å²) in [5.74, 6) is 0.0783. The van der Waals surface area contributed by atoms with Crippen molar-refractivity contribution in [1.82, 2.24) is 19.9 Å². The van der Waals surface area contributed by atoms with Crippen LogP contribution in [0.3, 0.4) is 0 Å². The number of nitrogen functional groups attached to an aromatic ring is 1. The Morgan fingerprint density at radius 3 is 3.00 bits per heavy atom. The van der Waals surface area contributed by atoms with Gasteiger partial charge < -0.3 is 10.7 Å². The summed E-state index contributed by atoms with van der Waals surface area (Å²) in [6.45, 7) is 0. The van der Waals surface area contributed by atoms with E-state index >= 15 is 0 Å². The van der Waals surface area contributed by atoms with Crippen molar-refractivity contribution in [3.8, 4) is 0 Å². The van der Waals surface area contributed by atoms with Crippen LogP contribution in [-0.4, -0.2) is 19.9 Å². The molecule has 7 heteroatoms. The Labute approximate surface area is 109 Å². The van der Waals surface area contributed by atoms with Gasteiger partial charge in [0.15, 0.2) is 11.2 Å². The average molecular weight is 190 g/mol. The van der Waals surface area contributed by atoms with Gasteiger partial charge in [0.25, 0.3) is 5.56 Å². The maximum absolute atomic E-state index is 11.0. The van der Waals surface area contributed by atoms with E-state index in [9.17, 15) is 4.79 Å². The van der Waals surface area contributed by atoms with Crippen LogP contribution in [0, 0.1) is 0 Å². The molecule has 2 aromatic rings. The molecule has 0 radical (unpaired) electrons. The molecule has 0 aliphatic rings. The summed E-state index contributed by atoms with van der Waals surface area (Å²) in [6.07, 6.45) is 1.40. The molecule has 6 nitrogen and oxygen atoms in total. The average Bonchev–Trinajstić information content (AvgIpc) is 2.34. The normalized spacial score (nSPS) is 9.67. The minimum absolute atomic E-state index is 0. The number of nitrogens with one attached hydrogen (secondary N) is 2. The number of nitrogens with two attached hydrogens (primary N) is 1. The molecule has 2 aromatic heterocycles. The summed E-state index contributed by atoms with van der Waals surface area (Å²) in [6, 6.07) is 0. The van der Waals surface area contributed by atoms with Crippen LogP contribution in [0.15, 0.2) is 11.1 Å². The van der Waals surface area contributed by atoms with E-state index in [4.69, 9.17) is 5.73 Å². The second-order valence-electron chi connectivity index (χ2n) is 2.05. The van der Waals surface area contributed by atoms with E-state index in [1.54, 1.807) is 0 Å². The number of H-pyrrole nitrogens is 2. The first-order valence-corrected chi connectivity index (χ1v) is 2.96. The largest absolute Gasteiger partial charge is 1.00 e. The first-order valence-electron chi connectivity index (χ1n) is 2.96. The van der Waals surface area contributed by atoms with Gasteiger partial charge in [-0.2, -0.15) is 4.98 Å². The second kappa shape index (κ2) is 3.67. The van der Waals surface area contributed by atoms with E-state index < -0.39 is 0 Å². The van der Waals surface area contributed by atoms with Crippen molar-refractivity contribution in [2.75, 3.05) is 5.73 Å². The standard InChI is InChI=1S/C5H5N5O.K/c6-5-9-3-2(4(11)10-5)7-1-8-3;/h1H,(H4,6,7,8,9,10,11);/q;+1. The van der Waals surface area contributed by atoms with Crippen LogP contribution in [0.4, 0.5) is 5.95 Å². The monoisotopic (exact) mass is 190 g/mol. The van der Waals surface area contributed by atoms with E-state index in [1.807, 2.05) is 0 Å². The molecule has 0 amide bonds. The zero-order valence-electron chi connectivity index (χ0n) is 6.46. The first-order chi connectivity index (χ1) is 5.27. The molecule has 0 fully saturated rings. The fourth-order valence-corrected chi connectivity index (χ4v) is 0.860. The Morgan fingerprint density at radius 1 is 1.50 bits per heavy atom. The summed E-state index contributed by atoms with van der Waals surface area (Å²) in [5.41, 5.74) is 5.65. The molecule has 2 heterocycles. The van der Waals surface area contributed by atoms with Gasteiger partial charge in [0, 0.05) is 0 Å². The smallest absolute Gasteiger partial charge is 0.369 e. The van der Waals surface area contributed by atoms with Crippen LogP contribution in [0.25, 0.3) is 11.2 Å². The molecule has 0 aliphatic carbocycles. The molecule has 0 unspecified atom stereocenters. The molecule has 0 aromatic carbocycles. The van der Waals surface area contributed by atoms with Gasteiger partial charge in [0.05, 0.1) is 6.33 Å². The Balaban J connectivity index is 0.000000720. The van der Waals surface area contributed by atoms with Crippen LogP contribution in [0.1, 0.15) is 0 Å². The van der Waals surface area contributed by atoms with Gasteiger partial charge in [-0.1, -0.05) is 0 Å². The number of imidazole rings is 1.